The van der Waals surface area contributed by atoms with Crippen LogP contribution >= 0.6 is 15.9 Å². The lowest BCUT2D eigenvalue weighted by Crippen LogP contribution is -2.27. The summed E-state index contributed by atoms with van der Waals surface area (Å²) in [5.74, 6) is 0.0944. The first-order chi connectivity index (χ1) is 7.58. The van der Waals surface area contributed by atoms with Crippen molar-refractivity contribution in [3.05, 3.63) is 35.4 Å². The number of hydrogen-bond donors (Lipinski definition) is 1. The predicted octanol–water partition coefficient (Wildman–Crippen LogP) is 2.83. The zero-order valence-corrected chi connectivity index (χ0v) is 11.4. The van der Waals surface area contributed by atoms with E-state index in [-0.39, 0.29) is 5.91 Å². The number of aryl methyl sites for hydroxylation is 1. The van der Waals surface area contributed by atoms with Crippen molar-refractivity contribution in [2.24, 2.45) is 0 Å². The van der Waals surface area contributed by atoms with Gasteiger partial charge in [-0.1, -0.05) is 52.7 Å². The van der Waals surface area contributed by atoms with Gasteiger partial charge in [-0.25, -0.2) is 0 Å². The number of nitrogens with one attached hydrogen (secondary N) is 1. The van der Waals surface area contributed by atoms with Gasteiger partial charge in [0.05, 0.1) is 6.42 Å². The second-order valence-electron chi connectivity index (χ2n) is 4.08. The molecule has 1 amide bonds. The van der Waals surface area contributed by atoms with Crippen LogP contribution in [0.3, 0.4) is 0 Å². The summed E-state index contributed by atoms with van der Waals surface area (Å²) in [5.41, 5.74) is 2.28. The summed E-state index contributed by atoms with van der Waals surface area (Å²) in [5, 5.41) is 2.91. The van der Waals surface area contributed by atoms with Crippen LogP contribution in [-0.2, 0) is 11.2 Å². The van der Waals surface area contributed by atoms with Crippen LogP contribution in [0.25, 0.3) is 0 Å². The number of benzene rings is 1. The van der Waals surface area contributed by atoms with Gasteiger partial charge in [0.1, 0.15) is 0 Å². The number of amides is 1. The third-order valence-electron chi connectivity index (χ3n) is 2.35. The van der Waals surface area contributed by atoms with Crippen LogP contribution in [-0.4, -0.2) is 17.3 Å². The van der Waals surface area contributed by atoms with Crippen molar-refractivity contribution in [2.45, 2.75) is 31.5 Å². The third kappa shape index (κ3) is 5.31. The Kier molecular flexibility index (Phi) is 5.53. The van der Waals surface area contributed by atoms with Gasteiger partial charge in [-0.05, 0) is 18.9 Å². The first-order valence-corrected chi connectivity index (χ1v) is 6.46. The summed E-state index contributed by atoms with van der Waals surface area (Å²) in [4.78, 5) is 12.0. The molecule has 0 aliphatic heterocycles. The molecule has 3 heteroatoms. The van der Waals surface area contributed by atoms with E-state index >= 15 is 0 Å². The Morgan fingerprint density at radius 1 is 1.38 bits per heavy atom. The molecule has 0 radical (unpaired) electrons. The molecule has 1 aromatic rings. The molecule has 0 aromatic heterocycles. The van der Waals surface area contributed by atoms with E-state index in [0.717, 1.165) is 18.5 Å². The Morgan fingerprint density at radius 2 is 2.00 bits per heavy atom. The van der Waals surface area contributed by atoms with E-state index in [0.29, 0.717) is 11.2 Å². The predicted molar refractivity (Wildman–Crippen MR) is 70.9 cm³/mol. The molecule has 1 atom stereocenters. The van der Waals surface area contributed by atoms with Crippen LogP contribution in [0, 0.1) is 6.92 Å². The quantitative estimate of drug-likeness (QED) is 0.828. The minimum atomic E-state index is 0.0944. The van der Waals surface area contributed by atoms with E-state index in [1.807, 2.05) is 31.2 Å². The van der Waals surface area contributed by atoms with Crippen LogP contribution in [0.5, 0.6) is 0 Å². The summed E-state index contributed by atoms with van der Waals surface area (Å²) in [6, 6.07) is 8.07. The van der Waals surface area contributed by atoms with E-state index in [1.165, 1.54) is 5.56 Å². The second kappa shape index (κ2) is 6.69. The van der Waals surface area contributed by atoms with Crippen LogP contribution < -0.4 is 5.32 Å². The van der Waals surface area contributed by atoms with Gasteiger partial charge in [0, 0.05) is 11.4 Å². The Bertz CT molecular complexity index is 332. The maximum Gasteiger partial charge on any atom is 0.224 e. The zero-order chi connectivity index (χ0) is 12.0. The van der Waals surface area contributed by atoms with Gasteiger partial charge >= 0.3 is 0 Å². The van der Waals surface area contributed by atoms with Crippen molar-refractivity contribution in [1.82, 2.24) is 5.32 Å². The van der Waals surface area contributed by atoms with E-state index in [2.05, 4.69) is 28.2 Å². The maximum atomic E-state index is 11.6. The Hall–Kier alpha value is -0.830. The van der Waals surface area contributed by atoms with Crippen molar-refractivity contribution < 1.29 is 4.79 Å². The molecular formula is C13H18BrNO. The van der Waals surface area contributed by atoms with Crippen LogP contribution in [0.4, 0.5) is 0 Å². The van der Waals surface area contributed by atoms with Crippen LogP contribution in [0.15, 0.2) is 24.3 Å². The van der Waals surface area contributed by atoms with Gasteiger partial charge in [0.25, 0.3) is 0 Å². The first-order valence-electron chi connectivity index (χ1n) is 5.54. The van der Waals surface area contributed by atoms with Crippen molar-refractivity contribution in [3.63, 3.8) is 0 Å². The minimum Gasteiger partial charge on any atom is -0.356 e. The molecule has 0 aliphatic rings. The molecule has 2 nitrogen and oxygen atoms in total. The largest absolute Gasteiger partial charge is 0.356 e. The molecule has 1 N–H and O–H groups in total. The standard InChI is InChI=1S/C13H18BrNO/c1-10-3-5-12(6-4-10)9-13(16)15-8-7-11(2)14/h3-6,11H,7-9H2,1-2H3,(H,15,16). The zero-order valence-electron chi connectivity index (χ0n) is 9.79. The van der Waals surface area contributed by atoms with Gasteiger partial charge in [-0.3, -0.25) is 4.79 Å². The SMILES string of the molecule is Cc1ccc(CC(=O)NCCC(C)Br)cc1. The lowest BCUT2D eigenvalue weighted by Gasteiger charge is -2.06. The summed E-state index contributed by atoms with van der Waals surface area (Å²) in [6.45, 7) is 4.85. The van der Waals surface area contributed by atoms with E-state index < -0.39 is 0 Å². The monoisotopic (exact) mass is 283 g/mol. The fraction of sp³-hybridized carbons (Fsp3) is 0.462. The minimum absolute atomic E-state index is 0.0944. The normalized spacial score (nSPS) is 12.2. The van der Waals surface area contributed by atoms with Gasteiger partial charge in [-0.15, -0.1) is 0 Å². The highest BCUT2D eigenvalue weighted by atomic mass is 79.9. The van der Waals surface area contributed by atoms with Gasteiger partial charge in [0.15, 0.2) is 0 Å². The van der Waals surface area contributed by atoms with E-state index in [4.69, 9.17) is 0 Å². The number of carbonyl (C=O) groups excluding carboxylic acids is 1. The molecule has 1 rings (SSSR count). The highest BCUT2D eigenvalue weighted by Crippen LogP contribution is 2.04. The average Bonchev–Trinajstić information content (AvgIpc) is 2.21. The Balaban J connectivity index is 2.31. The number of carbonyl (C=O) groups is 1. The molecule has 0 heterocycles. The highest BCUT2D eigenvalue weighted by Gasteiger charge is 2.03. The van der Waals surface area contributed by atoms with Crippen molar-refractivity contribution in [1.29, 1.82) is 0 Å². The molecule has 1 unspecified atom stereocenters. The van der Waals surface area contributed by atoms with Gasteiger partial charge in [0.2, 0.25) is 5.91 Å². The van der Waals surface area contributed by atoms with E-state index in [9.17, 15) is 4.79 Å². The average molecular weight is 284 g/mol. The Labute approximate surface area is 106 Å². The molecule has 0 spiro atoms. The molecule has 0 aliphatic carbocycles. The molecule has 0 fully saturated rings. The molecule has 0 saturated carbocycles. The van der Waals surface area contributed by atoms with E-state index in [1.54, 1.807) is 0 Å². The summed E-state index contributed by atoms with van der Waals surface area (Å²) in [7, 11) is 0. The number of rotatable bonds is 5. The van der Waals surface area contributed by atoms with Gasteiger partial charge in [-0.2, -0.15) is 0 Å². The summed E-state index contributed by atoms with van der Waals surface area (Å²) < 4.78 is 0. The molecule has 0 saturated heterocycles. The fourth-order valence-corrected chi connectivity index (χ4v) is 1.59. The number of alkyl halides is 1. The smallest absolute Gasteiger partial charge is 0.224 e. The molecule has 1 aromatic carbocycles. The molecule has 16 heavy (non-hydrogen) atoms. The molecular weight excluding hydrogens is 266 g/mol. The number of hydrogen-bond acceptors (Lipinski definition) is 1. The first kappa shape index (κ1) is 13.2. The van der Waals surface area contributed by atoms with Crippen molar-refractivity contribution >= 4 is 21.8 Å². The highest BCUT2D eigenvalue weighted by molar-refractivity contribution is 9.09. The lowest BCUT2D eigenvalue weighted by atomic mass is 10.1. The topological polar surface area (TPSA) is 29.1 Å². The van der Waals surface area contributed by atoms with Gasteiger partial charge < -0.3 is 5.32 Å². The Morgan fingerprint density at radius 3 is 2.56 bits per heavy atom. The lowest BCUT2D eigenvalue weighted by molar-refractivity contribution is -0.120. The van der Waals surface area contributed by atoms with Crippen LogP contribution in [0.2, 0.25) is 0 Å². The van der Waals surface area contributed by atoms with Crippen LogP contribution in [0.1, 0.15) is 24.5 Å². The van der Waals surface area contributed by atoms with Crippen molar-refractivity contribution in [2.75, 3.05) is 6.54 Å². The molecule has 0 bridgehead atoms. The molecule has 88 valence electrons. The summed E-state index contributed by atoms with van der Waals surface area (Å²) in [6.07, 6.45) is 1.43. The second-order valence-corrected chi connectivity index (χ2v) is 5.64. The summed E-state index contributed by atoms with van der Waals surface area (Å²) >= 11 is 3.45. The third-order valence-corrected chi connectivity index (χ3v) is 2.81. The number of halogens is 1. The fourth-order valence-electron chi connectivity index (χ4n) is 1.36. The maximum absolute atomic E-state index is 11.6. The van der Waals surface area contributed by atoms with Crippen molar-refractivity contribution in [3.8, 4) is 0 Å².